The molecule has 0 aromatic rings. The van der Waals surface area contributed by atoms with Crippen LogP contribution in [0.4, 0.5) is 0 Å². The SMILES string of the molecule is CC1CN(C(=O)C(N)C(C)(C)C)CCC1O. The lowest BCUT2D eigenvalue weighted by Crippen LogP contribution is -2.54. The van der Waals surface area contributed by atoms with Crippen LogP contribution in [0.2, 0.25) is 0 Å². The second-order valence-electron chi connectivity index (χ2n) is 5.96. The zero-order chi connectivity index (χ0) is 12.5. The fourth-order valence-corrected chi connectivity index (χ4v) is 1.90. The topological polar surface area (TPSA) is 66.6 Å². The second kappa shape index (κ2) is 4.72. The van der Waals surface area contributed by atoms with Gasteiger partial charge in [0, 0.05) is 13.1 Å². The van der Waals surface area contributed by atoms with Crippen LogP contribution in [0.1, 0.15) is 34.1 Å². The fraction of sp³-hybridized carbons (Fsp3) is 0.917. The zero-order valence-electron chi connectivity index (χ0n) is 10.7. The van der Waals surface area contributed by atoms with Crippen molar-refractivity contribution in [3.8, 4) is 0 Å². The van der Waals surface area contributed by atoms with Gasteiger partial charge in [-0.25, -0.2) is 0 Å². The van der Waals surface area contributed by atoms with Crippen LogP contribution >= 0.6 is 0 Å². The number of hydrogen-bond acceptors (Lipinski definition) is 3. The molecule has 4 heteroatoms. The van der Waals surface area contributed by atoms with Crippen LogP contribution in [0.25, 0.3) is 0 Å². The van der Waals surface area contributed by atoms with Gasteiger partial charge in [0.2, 0.25) is 5.91 Å². The average molecular weight is 228 g/mol. The molecule has 0 aromatic heterocycles. The quantitative estimate of drug-likeness (QED) is 0.690. The lowest BCUT2D eigenvalue weighted by molar-refractivity contribution is -0.138. The minimum Gasteiger partial charge on any atom is -0.393 e. The maximum absolute atomic E-state index is 12.1. The number of aliphatic hydroxyl groups is 1. The predicted octanol–water partition coefficient (Wildman–Crippen LogP) is 0.589. The van der Waals surface area contributed by atoms with E-state index in [-0.39, 0.29) is 23.3 Å². The van der Waals surface area contributed by atoms with Crippen LogP contribution in [0.5, 0.6) is 0 Å². The average Bonchev–Trinajstić information content (AvgIpc) is 2.18. The number of nitrogens with two attached hydrogens (primary N) is 1. The van der Waals surface area contributed by atoms with Gasteiger partial charge in [0.1, 0.15) is 0 Å². The van der Waals surface area contributed by atoms with Crippen LogP contribution in [0.15, 0.2) is 0 Å². The smallest absolute Gasteiger partial charge is 0.240 e. The number of likely N-dealkylation sites (tertiary alicyclic amines) is 1. The lowest BCUT2D eigenvalue weighted by Gasteiger charge is -2.38. The summed E-state index contributed by atoms with van der Waals surface area (Å²) >= 11 is 0. The molecule has 1 aliphatic heterocycles. The van der Waals surface area contributed by atoms with Crippen molar-refractivity contribution < 1.29 is 9.90 Å². The maximum Gasteiger partial charge on any atom is 0.240 e. The Morgan fingerprint density at radius 3 is 2.50 bits per heavy atom. The van der Waals surface area contributed by atoms with Crippen molar-refractivity contribution in [2.75, 3.05) is 13.1 Å². The molecule has 1 aliphatic rings. The first-order valence-corrected chi connectivity index (χ1v) is 5.96. The molecule has 1 fully saturated rings. The first kappa shape index (κ1) is 13.5. The summed E-state index contributed by atoms with van der Waals surface area (Å²) in [6.07, 6.45) is 0.374. The summed E-state index contributed by atoms with van der Waals surface area (Å²) in [6.45, 7) is 9.11. The van der Waals surface area contributed by atoms with Crippen molar-refractivity contribution in [3.63, 3.8) is 0 Å². The van der Waals surface area contributed by atoms with E-state index in [1.54, 1.807) is 4.90 Å². The van der Waals surface area contributed by atoms with Crippen molar-refractivity contribution in [2.24, 2.45) is 17.1 Å². The normalized spacial score (nSPS) is 29.0. The highest BCUT2D eigenvalue weighted by Crippen LogP contribution is 2.22. The van der Waals surface area contributed by atoms with E-state index in [2.05, 4.69) is 0 Å². The third-order valence-corrected chi connectivity index (χ3v) is 3.37. The van der Waals surface area contributed by atoms with Crippen LogP contribution in [0.3, 0.4) is 0 Å². The van der Waals surface area contributed by atoms with Gasteiger partial charge < -0.3 is 15.7 Å². The third-order valence-electron chi connectivity index (χ3n) is 3.37. The summed E-state index contributed by atoms with van der Waals surface area (Å²) in [5.41, 5.74) is 5.74. The minimum atomic E-state index is -0.463. The molecular formula is C12H24N2O2. The molecule has 3 N–H and O–H groups in total. The molecule has 1 rings (SSSR count). The number of piperidine rings is 1. The molecule has 4 nitrogen and oxygen atoms in total. The molecule has 1 amide bonds. The van der Waals surface area contributed by atoms with E-state index in [0.717, 1.165) is 0 Å². The molecule has 1 heterocycles. The molecule has 1 saturated heterocycles. The first-order valence-electron chi connectivity index (χ1n) is 5.96. The van der Waals surface area contributed by atoms with Crippen LogP contribution in [-0.2, 0) is 4.79 Å². The van der Waals surface area contributed by atoms with Gasteiger partial charge in [0.05, 0.1) is 12.1 Å². The Bertz CT molecular complexity index is 260. The predicted molar refractivity (Wildman–Crippen MR) is 63.8 cm³/mol. The van der Waals surface area contributed by atoms with Crippen molar-refractivity contribution >= 4 is 5.91 Å². The third kappa shape index (κ3) is 2.95. The highest BCUT2D eigenvalue weighted by atomic mass is 16.3. The summed E-state index contributed by atoms with van der Waals surface area (Å²) in [5, 5.41) is 9.61. The van der Waals surface area contributed by atoms with E-state index >= 15 is 0 Å². The van der Waals surface area contributed by atoms with Gasteiger partial charge in [-0.15, -0.1) is 0 Å². The van der Waals surface area contributed by atoms with E-state index in [1.807, 2.05) is 27.7 Å². The molecule has 0 spiro atoms. The van der Waals surface area contributed by atoms with E-state index < -0.39 is 6.04 Å². The van der Waals surface area contributed by atoms with Crippen molar-refractivity contribution in [2.45, 2.75) is 46.3 Å². The molecule has 0 radical (unpaired) electrons. The standard InChI is InChI=1S/C12H24N2O2/c1-8-7-14(6-5-9(8)15)11(16)10(13)12(2,3)4/h8-10,15H,5-7,13H2,1-4H3. The lowest BCUT2D eigenvalue weighted by atomic mass is 9.85. The van der Waals surface area contributed by atoms with Gasteiger partial charge >= 0.3 is 0 Å². The molecule has 0 aromatic carbocycles. The first-order chi connectivity index (χ1) is 7.23. The number of aliphatic hydroxyl groups excluding tert-OH is 1. The molecule has 3 unspecified atom stereocenters. The van der Waals surface area contributed by atoms with Gasteiger partial charge in [-0.3, -0.25) is 4.79 Å². The molecule has 16 heavy (non-hydrogen) atoms. The Balaban J connectivity index is 2.62. The molecular weight excluding hydrogens is 204 g/mol. The van der Waals surface area contributed by atoms with Crippen LogP contribution in [-0.4, -0.2) is 41.1 Å². The second-order valence-corrected chi connectivity index (χ2v) is 5.96. The highest BCUT2D eigenvalue weighted by molar-refractivity contribution is 5.82. The van der Waals surface area contributed by atoms with E-state index in [4.69, 9.17) is 5.73 Å². The summed E-state index contributed by atoms with van der Waals surface area (Å²) in [6, 6.07) is -0.463. The van der Waals surface area contributed by atoms with Gasteiger partial charge in [-0.2, -0.15) is 0 Å². The number of hydrogen-bond donors (Lipinski definition) is 2. The van der Waals surface area contributed by atoms with Crippen molar-refractivity contribution in [3.05, 3.63) is 0 Å². The summed E-state index contributed by atoms with van der Waals surface area (Å²) in [7, 11) is 0. The monoisotopic (exact) mass is 228 g/mol. The van der Waals surface area contributed by atoms with Crippen LogP contribution in [0, 0.1) is 11.3 Å². The summed E-state index contributed by atoms with van der Waals surface area (Å²) < 4.78 is 0. The van der Waals surface area contributed by atoms with E-state index in [9.17, 15) is 9.90 Å². The number of amides is 1. The number of carbonyl (C=O) groups is 1. The largest absolute Gasteiger partial charge is 0.393 e. The summed E-state index contributed by atoms with van der Waals surface area (Å²) in [5.74, 6) is 0.149. The molecule has 3 atom stereocenters. The van der Waals surface area contributed by atoms with Crippen molar-refractivity contribution in [1.82, 2.24) is 4.90 Å². The van der Waals surface area contributed by atoms with Crippen molar-refractivity contribution in [1.29, 1.82) is 0 Å². The van der Waals surface area contributed by atoms with E-state index in [0.29, 0.717) is 19.5 Å². The zero-order valence-corrected chi connectivity index (χ0v) is 10.7. The Hall–Kier alpha value is -0.610. The molecule has 0 bridgehead atoms. The summed E-state index contributed by atoms with van der Waals surface area (Å²) in [4.78, 5) is 13.9. The Morgan fingerprint density at radius 2 is 2.06 bits per heavy atom. The van der Waals surface area contributed by atoms with Gasteiger partial charge in [0.15, 0.2) is 0 Å². The number of nitrogens with zero attached hydrogens (tertiary/aromatic N) is 1. The van der Waals surface area contributed by atoms with Gasteiger partial charge in [-0.05, 0) is 17.8 Å². The Labute approximate surface area is 97.8 Å². The van der Waals surface area contributed by atoms with Gasteiger partial charge in [0.25, 0.3) is 0 Å². The highest BCUT2D eigenvalue weighted by Gasteiger charge is 2.34. The Kier molecular flexibility index (Phi) is 3.97. The Morgan fingerprint density at radius 1 is 1.50 bits per heavy atom. The fourth-order valence-electron chi connectivity index (χ4n) is 1.90. The van der Waals surface area contributed by atoms with E-state index in [1.165, 1.54) is 0 Å². The number of carbonyl (C=O) groups excluding carboxylic acids is 1. The van der Waals surface area contributed by atoms with Gasteiger partial charge in [-0.1, -0.05) is 27.7 Å². The number of rotatable bonds is 1. The molecule has 94 valence electrons. The minimum absolute atomic E-state index is 0.00579. The maximum atomic E-state index is 12.1. The molecule has 0 aliphatic carbocycles. The molecule has 0 saturated carbocycles. The van der Waals surface area contributed by atoms with Crippen LogP contribution < -0.4 is 5.73 Å².